The van der Waals surface area contributed by atoms with Crippen LogP contribution in [0.2, 0.25) is 0 Å². The number of hydrogen-bond acceptors (Lipinski definition) is 3. The van der Waals surface area contributed by atoms with Crippen LogP contribution in [0.3, 0.4) is 0 Å². The zero-order valence-corrected chi connectivity index (χ0v) is 18.1. The van der Waals surface area contributed by atoms with Crippen molar-refractivity contribution in [2.24, 2.45) is 0 Å². The predicted octanol–water partition coefficient (Wildman–Crippen LogP) is 2.82. The zero-order valence-electron chi connectivity index (χ0n) is 18.1. The Morgan fingerprint density at radius 2 is 1.75 bits per heavy atom. The van der Waals surface area contributed by atoms with Crippen molar-refractivity contribution < 1.29 is 9.59 Å². The number of hydrogen-bond donors (Lipinski definition) is 2. The van der Waals surface area contributed by atoms with Crippen molar-refractivity contribution in [1.29, 1.82) is 0 Å². The van der Waals surface area contributed by atoms with Gasteiger partial charge in [0.05, 0.1) is 6.54 Å². The van der Waals surface area contributed by atoms with E-state index in [9.17, 15) is 14.4 Å². The first kappa shape index (κ1) is 21.6. The third-order valence-corrected chi connectivity index (χ3v) is 5.53. The van der Waals surface area contributed by atoms with Crippen molar-refractivity contribution in [3.8, 4) is 0 Å². The molecule has 2 N–H and O–H groups in total. The zero-order chi connectivity index (χ0) is 22.5. The largest absolute Gasteiger partial charge is 0.352 e. The highest BCUT2D eigenvalue weighted by Gasteiger charge is 2.29. The lowest BCUT2D eigenvalue weighted by molar-refractivity contribution is -0.123. The number of rotatable bonds is 8. The van der Waals surface area contributed by atoms with E-state index >= 15 is 0 Å². The van der Waals surface area contributed by atoms with Crippen LogP contribution >= 0.6 is 0 Å². The van der Waals surface area contributed by atoms with Gasteiger partial charge >= 0.3 is 0 Å². The van der Waals surface area contributed by atoms with Crippen molar-refractivity contribution in [3.63, 3.8) is 0 Å². The van der Waals surface area contributed by atoms with E-state index in [-0.39, 0.29) is 23.1 Å². The molecule has 1 saturated carbocycles. The Labute approximate surface area is 187 Å². The second-order valence-electron chi connectivity index (χ2n) is 8.34. The summed E-state index contributed by atoms with van der Waals surface area (Å²) in [5, 5.41) is 5.75. The summed E-state index contributed by atoms with van der Waals surface area (Å²) in [6, 6.07) is 20.0. The normalized spacial score (nSPS) is 13.9. The lowest BCUT2D eigenvalue weighted by atomic mass is 10.0. The third-order valence-electron chi connectivity index (χ3n) is 5.53. The van der Waals surface area contributed by atoms with Gasteiger partial charge in [-0.1, -0.05) is 60.2 Å². The Morgan fingerprint density at radius 1 is 1.00 bits per heavy atom. The number of nitrogens with zero attached hydrogens (tertiary/aromatic N) is 1. The van der Waals surface area contributed by atoms with E-state index in [0.29, 0.717) is 13.0 Å². The highest BCUT2D eigenvalue weighted by molar-refractivity contribution is 5.97. The third kappa shape index (κ3) is 5.52. The number of pyridine rings is 1. The molecule has 0 radical (unpaired) electrons. The molecule has 1 heterocycles. The summed E-state index contributed by atoms with van der Waals surface area (Å²) in [4.78, 5) is 38.8. The Hall–Kier alpha value is -3.67. The van der Waals surface area contributed by atoms with Crippen molar-refractivity contribution in [2.75, 3.05) is 0 Å². The lowest BCUT2D eigenvalue weighted by Crippen LogP contribution is -2.49. The molecule has 2 aromatic carbocycles. The molecule has 2 amide bonds. The number of nitrogens with one attached hydrogen (secondary N) is 2. The lowest BCUT2D eigenvalue weighted by Gasteiger charge is -2.19. The van der Waals surface area contributed by atoms with E-state index in [1.54, 1.807) is 12.3 Å². The average molecular weight is 430 g/mol. The van der Waals surface area contributed by atoms with E-state index in [1.165, 1.54) is 10.6 Å². The van der Waals surface area contributed by atoms with Gasteiger partial charge in [-0.05, 0) is 43.0 Å². The number of amides is 2. The maximum Gasteiger partial charge on any atom is 0.263 e. The van der Waals surface area contributed by atoms with Crippen LogP contribution in [-0.4, -0.2) is 28.5 Å². The minimum atomic E-state index is -0.754. The highest BCUT2D eigenvalue weighted by atomic mass is 16.2. The van der Waals surface area contributed by atoms with Gasteiger partial charge in [-0.3, -0.25) is 14.4 Å². The molecule has 0 spiro atoms. The highest BCUT2D eigenvalue weighted by Crippen LogP contribution is 2.19. The SMILES string of the molecule is Cc1cccc(Cn2cccc(C(=O)NC(Cc3ccccc3)C(=O)NC3CC3)c2=O)c1. The van der Waals surface area contributed by atoms with E-state index in [2.05, 4.69) is 10.6 Å². The van der Waals surface area contributed by atoms with Gasteiger partial charge in [0, 0.05) is 18.7 Å². The number of carbonyl (C=O) groups excluding carboxylic acids is 2. The molecule has 3 aromatic rings. The number of benzene rings is 2. The Balaban J connectivity index is 1.53. The minimum Gasteiger partial charge on any atom is -0.352 e. The maximum absolute atomic E-state index is 13.0. The monoisotopic (exact) mass is 429 g/mol. The summed E-state index contributed by atoms with van der Waals surface area (Å²) < 4.78 is 1.51. The molecule has 32 heavy (non-hydrogen) atoms. The second kappa shape index (κ2) is 9.64. The molecule has 164 valence electrons. The van der Waals surface area contributed by atoms with Crippen LogP contribution in [0.15, 0.2) is 77.7 Å². The van der Waals surface area contributed by atoms with Crippen molar-refractivity contribution in [1.82, 2.24) is 15.2 Å². The van der Waals surface area contributed by atoms with E-state index < -0.39 is 11.9 Å². The Kier molecular flexibility index (Phi) is 6.50. The van der Waals surface area contributed by atoms with Crippen LogP contribution in [0.4, 0.5) is 0 Å². The molecule has 1 fully saturated rings. The molecule has 4 rings (SSSR count). The second-order valence-corrected chi connectivity index (χ2v) is 8.34. The molecule has 1 aliphatic carbocycles. The first-order chi connectivity index (χ1) is 15.5. The van der Waals surface area contributed by atoms with Crippen LogP contribution in [0.25, 0.3) is 0 Å². The molecule has 1 aliphatic rings. The van der Waals surface area contributed by atoms with Crippen LogP contribution in [0, 0.1) is 6.92 Å². The van der Waals surface area contributed by atoms with Crippen molar-refractivity contribution in [2.45, 2.75) is 44.8 Å². The summed E-state index contributed by atoms with van der Waals surface area (Å²) in [5.41, 5.74) is 2.67. The van der Waals surface area contributed by atoms with Crippen LogP contribution in [0.5, 0.6) is 0 Å². The van der Waals surface area contributed by atoms with Gasteiger partial charge in [0.15, 0.2) is 0 Å². The van der Waals surface area contributed by atoms with Crippen molar-refractivity contribution in [3.05, 3.63) is 106 Å². The molecule has 0 saturated heterocycles. The van der Waals surface area contributed by atoms with Gasteiger partial charge in [0.2, 0.25) is 5.91 Å². The summed E-state index contributed by atoms with van der Waals surface area (Å²) in [6.07, 6.45) is 3.94. The molecule has 0 aliphatic heterocycles. The number of aromatic nitrogens is 1. The fraction of sp³-hybridized carbons (Fsp3) is 0.269. The molecule has 0 bridgehead atoms. The summed E-state index contributed by atoms with van der Waals surface area (Å²) in [7, 11) is 0. The average Bonchev–Trinajstić information content (AvgIpc) is 3.59. The fourth-order valence-corrected chi connectivity index (χ4v) is 3.67. The molecule has 6 heteroatoms. The number of carbonyl (C=O) groups is 2. The topological polar surface area (TPSA) is 80.2 Å². The molecule has 1 aromatic heterocycles. The van der Waals surface area contributed by atoms with Crippen LogP contribution < -0.4 is 16.2 Å². The number of aryl methyl sites for hydroxylation is 1. The summed E-state index contributed by atoms with van der Waals surface area (Å²) >= 11 is 0. The van der Waals surface area contributed by atoms with Crippen LogP contribution in [0.1, 0.15) is 39.9 Å². The molecule has 1 unspecified atom stereocenters. The van der Waals surface area contributed by atoms with Gasteiger partial charge in [0.1, 0.15) is 11.6 Å². The van der Waals surface area contributed by atoms with Gasteiger partial charge in [-0.25, -0.2) is 0 Å². The molecule has 6 nitrogen and oxygen atoms in total. The smallest absolute Gasteiger partial charge is 0.263 e. The molecular formula is C26H27N3O3. The minimum absolute atomic E-state index is 0.0254. The van der Waals surface area contributed by atoms with E-state index in [4.69, 9.17) is 0 Å². The van der Waals surface area contributed by atoms with Gasteiger partial charge in [-0.2, -0.15) is 0 Å². The maximum atomic E-state index is 13.0. The standard InChI is InChI=1S/C26H27N3O3/c1-18-7-5-10-20(15-18)17-29-14-6-11-22(26(29)32)24(30)28-23(25(31)27-21-12-13-21)16-19-8-3-2-4-9-19/h2-11,14-15,21,23H,12-13,16-17H2,1H3,(H,27,31)(H,28,30). The molecular weight excluding hydrogens is 402 g/mol. The van der Waals surface area contributed by atoms with Gasteiger partial charge in [-0.15, -0.1) is 0 Å². The van der Waals surface area contributed by atoms with E-state index in [1.807, 2.05) is 61.5 Å². The van der Waals surface area contributed by atoms with Gasteiger partial charge in [0.25, 0.3) is 11.5 Å². The predicted molar refractivity (Wildman–Crippen MR) is 124 cm³/mol. The first-order valence-corrected chi connectivity index (χ1v) is 10.9. The van der Waals surface area contributed by atoms with Gasteiger partial charge < -0.3 is 15.2 Å². The van der Waals surface area contributed by atoms with E-state index in [0.717, 1.165) is 29.5 Å². The van der Waals surface area contributed by atoms with Crippen LogP contribution in [-0.2, 0) is 17.8 Å². The summed E-state index contributed by atoms with van der Waals surface area (Å²) in [6.45, 7) is 2.37. The quantitative estimate of drug-likeness (QED) is 0.578. The first-order valence-electron chi connectivity index (χ1n) is 10.9. The molecule has 1 atom stereocenters. The Bertz CT molecular complexity index is 1170. The fourth-order valence-electron chi connectivity index (χ4n) is 3.67. The van der Waals surface area contributed by atoms with Crippen molar-refractivity contribution >= 4 is 11.8 Å². The summed E-state index contributed by atoms with van der Waals surface area (Å²) in [5.74, 6) is -0.763. The Morgan fingerprint density at radius 3 is 2.47 bits per heavy atom.